The number of imide groups is 1. The average molecular weight is 489 g/mol. The third kappa shape index (κ3) is 4.04. The summed E-state index contributed by atoms with van der Waals surface area (Å²) in [5.74, 6) is -6.62. The molecular formula is C28H25FN2O5. The predicted molar refractivity (Wildman–Crippen MR) is 129 cm³/mol. The molecule has 0 aromatic heterocycles. The number of esters is 1. The minimum absolute atomic E-state index is 0.128. The summed E-state index contributed by atoms with van der Waals surface area (Å²) in [5.41, 5.74) is -0.988. The van der Waals surface area contributed by atoms with Crippen LogP contribution in [0.25, 0.3) is 0 Å². The first-order valence-corrected chi connectivity index (χ1v) is 11.3. The van der Waals surface area contributed by atoms with Gasteiger partial charge in [-0.05, 0) is 31.5 Å². The lowest BCUT2D eigenvalue weighted by atomic mass is 9.96. The molecule has 0 aliphatic carbocycles. The molecule has 0 unspecified atom stereocenters. The SMILES string of the molecule is CN(C(=O)C(C)(C)N1C(=O)c2ccccc2C1=O)[C@@](F)(C(=O)OCc1ccccc1)c1ccccc1. The van der Waals surface area contributed by atoms with Crippen molar-refractivity contribution in [1.82, 2.24) is 9.80 Å². The molecule has 0 saturated heterocycles. The highest BCUT2D eigenvalue weighted by Crippen LogP contribution is 2.36. The maximum Gasteiger partial charge on any atom is 0.370 e. The Morgan fingerprint density at radius 2 is 1.31 bits per heavy atom. The van der Waals surface area contributed by atoms with E-state index in [1.165, 1.54) is 50.2 Å². The van der Waals surface area contributed by atoms with Crippen LogP contribution in [0.4, 0.5) is 4.39 Å². The molecule has 0 radical (unpaired) electrons. The molecule has 0 saturated carbocycles. The molecule has 0 fully saturated rings. The van der Waals surface area contributed by atoms with Crippen molar-refractivity contribution in [2.24, 2.45) is 0 Å². The molecule has 0 spiro atoms. The van der Waals surface area contributed by atoms with Crippen LogP contribution in [0.15, 0.2) is 84.9 Å². The van der Waals surface area contributed by atoms with Crippen LogP contribution in [0, 0.1) is 0 Å². The predicted octanol–water partition coefficient (Wildman–Crippen LogP) is 4.09. The van der Waals surface area contributed by atoms with E-state index in [4.69, 9.17) is 4.74 Å². The van der Waals surface area contributed by atoms with Crippen molar-refractivity contribution < 1.29 is 28.3 Å². The largest absolute Gasteiger partial charge is 0.457 e. The number of likely N-dealkylation sites (N-methyl/N-ethyl adjacent to an activating group) is 1. The summed E-state index contributed by atoms with van der Waals surface area (Å²) in [6.07, 6.45) is 0. The second kappa shape index (κ2) is 9.37. The Bertz CT molecular complexity index is 1290. The van der Waals surface area contributed by atoms with Crippen LogP contribution in [0.1, 0.15) is 45.7 Å². The number of alkyl halides is 1. The minimum Gasteiger partial charge on any atom is -0.457 e. The third-order valence-electron chi connectivity index (χ3n) is 6.28. The smallest absolute Gasteiger partial charge is 0.370 e. The number of hydrogen-bond donors (Lipinski definition) is 0. The molecule has 3 amide bonds. The summed E-state index contributed by atoms with van der Waals surface area (Å²) < 4.78 is 22.1. The van der Waals surface area contributed by atoms with Crippen molar-refractivity contribution in [3.8, 4) is 0 Å². The number of rotatable bonds is 7. The van der Waals surface area contributed by atoms with Crippen LogP contribution in [0.3, 0.4) is 0 Å². The lowest BCUT2D eigenvalue weighted by Gasteiger charge is -2.40. The second-order valence-electron chi connectivity index (χ2n) is 8.96. The van der Waals surface area contributed by atoms with Crippen LogP contribution in [0.5, 0.6) is 0 Å². The molecule has 0 bridgehead atoms. The lowest BCUT2D eigenvalue weighted by molar-refractivity contribution is -0.183. The van der Waals surface area contributed by atoms with E-state index in [9.17, 15) is 19.2 Å². The highest BCUT2D eigenvalue weighted by atomic mass is 19.1. The number of halogens is 1. The maximum atomic E-state index is 16.8. The van der Waals surface area contributed by atoms with Gasteiger partial charge in [-0.2, -0.15) is 0 Å². The number of fused-ring (bicyclic) bond motifs is 1. The molecule has 3 aromatic rings. The van der Waals surface area contributed by atoms with Gasteiger partial charge in [0.2, 0.25) is 0 Å². The zero-order valence-corrected chi connectivity index (χ0v) is 20.1. The van der Waals surface area contributed by atoms with E-state index in [2.05, 4.69) is 0 Å². The molecule has 7 nitrogen and oxygen atoms in total. The Morgan fingerprint density at radius 1 is 0.833 bits per heavy atom. The number of carbonyl (C=O) groups is 4. The van der Waals surface area contributed by atoms with Gasteiger partial charge in [-0.15, -0.1) is 0 Å². The van der Waals surface area contributed by atoms with Gasteiger partial charge in [-0.25, -0.2) is 9.18 Å². The third-order valence-corrected chi connectivity index (χ3v) is 6.28. The van der Waals surface area contributed by atoms with Gasteiger partial charge in [0.25, 0.3) is 17.7 Å². The van der Waals surface area contributed by atoms with Crippen molar-refractivity contribution in [1.29, 1.82) is 0 Å². The fraction of sp³-hybridized carbons (Fsp3) is 0.214. The van der Waals surface area contributed by atoms with Gasteiger partial charge in [0.1, 0.15) is 12.1 Å². The fourth-order valence-electron chi connectivity index (χ4n) is 4.27. The normalized spacial score (nSPS) is 14.7. The van der Waals surface area contributed by atoms with Crippen LogP contribution >= 0.6 is 0 Å². The Labute approximate surface area is 208 Å². The standard InChI is InChI=1S/C28H25FN2O5/c1-27(2,31-23(32)21-16-10-11-17-22(21)24(31)33)25(34)30(3)28(29,20-14-8-5-9-15-20)26(35)36-18-19-12-6-4-7-13-19/h4-17H,18H2,1-3H3/t28-/m1/s1. The number of carbonyl (C=O) groups excluding carboxylic acids is 4. The van der Waals surface area contributed by atoms with Crippen molar-refractivity contribution in [3.05, 3.63) is 107 Å². The van der Waals surface area contributed by atoms with Crippen molar-refractivity contribution in [2.75, 3.05) is 7.05 Å². The summed E-state index contributed by atoms with van der Waals surface area (Å²) in [7, 11) is 1.11. The highest BCUT2D eigenvalue weighted by molar-refractivity contribution is 6.23. The first-order valence-electron chi connectivity index (χ1n) is 11.3. The number of amides is 3. The van der Waals surface area contributed by atoms with E-state index in [1.807, 2.05) is 0 Å². The van der Waals surface area contributed by atoms with Gasteiger partial charge in [0.15, 0.2) is 0 Å². The Morgan fingerprint density at radius 3 is 1.83 bits per heavy atom. The first-order chi connectivity index (χ1) is 17.1. The number of nitrogens with zero attached hydrogens (tertiary/aromatic N) is 2. The quantitative estimate of drug-likeness (QED) is 0.284. The van der Waals surface area contributed by atoms with Gasteiger partial charge in [0, 0.05) is 12.6 Å². The summed E-state index contributed by atoms with van der Waals surface area (Å²) >= 11 is 0. The van der Waals surface area contributed by atoms with E-state index in [1.54, 1.807) is 48.5 Å². The van der Waals surface area contributed by atoms with Gasteiger partial charge in [0.05, 0.1) is 11.1 Å². The fourth-order valence-corrected chi connectivity index (χ4v) is 4.27. The van der Waals surface area contributed by atoms with Crippen molar-refractivity contribution in [3.63, 3.8) is 0 Å². The zero-order chi connectivity index (χ0) is 26.1. The Kier molecular flexibility index (Phi) is 6.45. The lowest BCUT2D eigenvalue weighted by Crippen LogP contribution is -2.62. The topological polar surface area (TPSA) is 84.0 Å². The van der Waals surface area contributed by atoms with Crippen LogP contribution < -0.4 is 0 Å². The molecule has 1 aliphatic rings. The highest BCUT2D eigenvalue weighted by Gasteiger charge is 2.55. The molecule has 3 aromatic carbocycles. The van der Waals surface area contributed by atoms with E-state index in [0.29, 0.717) is 10.5 Å². The van der Waals surface area contributed by atoms with Crippen LogP contribution in [-0.4, -0.2) is 46.1 Å². The van der Waals surface area contributed by atoms with E-state index < -0.39 is 35.0 Å². The molecule has 1 atom stereocenters. The molecule has 36 heavy (non-hydrogen) atoms. The summed E-state index contributed by atoms with van der Waals surface area (Å²) in [6.45, 7) is 2.48. The summed E-state index contributed by atoms with van der Waals surface area (Å²) in [4.78, 5) is 54.4. The molecule has 4 rings (SSSR count). The maximum absolute atomic E-state index is 16.8. The summed E-state index contributed by atoms with van der Waals surface area (Å²) in [5, 5.41) is 0. The Hall–Kier alpha value is -4.33. The molecular weight excluding hydrogens is 463 g/mol. The van der Waals surface area contributed by atoms with Gasteiger partial charge >= 0.3 is 11.8 Å². The molecule has 1 heterocycles. The molecule has 184 valence electrons. The zero-order valence-electron chi connectivity index (χ0n) is 20.1. The number of hydrogen-bond acceptors (Lipinski definition) is 5. The minimum atomic E-state index is -3.02. The van der Waals surface area contributed by atoms with Crippen molar-refractivity contribution in [2.45, 2.75) is 31.8 Å². The van der Waals surface area contributed by atoms with E-state index in [-0.39, 0.29) is 23.3 Å². The molecule has 1 aliphatic heterocycles. The monoisotopic (exact) mass is 488 g/mol. The van der Waals surface area contributed by atoms with Gasteiger partial charge in [-0.1, -0.05) is 72.8 Å². The number of benzene rings is 3. The molecule has 8 heteroatoms. The second-order valence-corrected chi connectivity index (χ2v) is 8.96. The first kappa shape index (κ1) is 24.8. The van der Waals surface area contributed by atoms with Gasteiger partial charge < -0.3 is 4.74 Å². The van der Waals surface area contributed by atoms with Crippen LogP contribution in [0.2, 0.25) is 0 Å². The van der Waals surface area contributed by atoms with E-state index >= 15 is 4.39 Å². The Balaban J connectivity index is 1.67. The molecule has 0 N–H and O–H groups in total. The van der Waals surface area contributed by atoms with E-state index in [0.717, 1.165) is 11.9 Å². The van der Waals surface area contributed by atoms with Crippen LogP contribution in [-0.2, 0) is 26.7 Å². The number of ether oxygens (including phenoxy) is 1. The summed E-state index contributed by atoms with van der Waals surface area (Å²) in [6, 6.07) is 22.4. The van der Waals surface area contributed by atoms with Crippen molar-refractivity contribution >= 4 is 23.7 Å². The van der Waals surface area contributed by atoms with Gasteiger partial charge in [-0.3, -0.25) is 24.2 Å². The average Bonchev–Trinajstić information content (AvgIpc) is 3.17.